The lowest BCUT2D eigenvalue weighted by Gasteiger charge is -2.35. The molecule has 1 saturated heterocycles. The number of carbonyl (C=O) groups is 3. The lowest BCUT2D eigenvalue weighted by Crippen LogP contribution is -2.52. The van der Waals surface area contributed by atoms with Crippen molar-refractivity contribution in [1.29, 1.82) is 0 Å². The van der Waals surface area contributed by atoms with Crippen LogP contribution in [0.1, 0.15) is 53.0 Å². The minimum atomic E-state index is -0.651. The molecule has 9 rings (SSSR count). The Hall–Kier alpha value is -6.78. The van der Waals surface area contributed by atoms with Crippen molar-refractivity contribution in [3.8, 4) is 40.3 Å². The van der Waals surface area contributed by atoms with E-state index in [9.17, 15) is 14.4 Å². The predicted molar refractivity (Wildman–Crippen MR) is 214 cm³/mol. The van der Waals surface area contributed by atoms with Gasteiger partial charge in [-0.3, -0.25) is 24.7 Å². The maximum absolute atomic E-state index is 12.9. The lowest BCUT2D eigenvalue weighted by molar-refractivity contribution is -0.136. The highest BCUT2D eigenvalue weighted by Crippen LogP contribution is 2.34. The third kappa shape index (κ3) is 7.42. The highest BCUT2D eigenvalue weighted by atomic mass is 16.5. The Bertz CT molecular complexity index is 2640. The summed E-state index contributed by atoms with van der Waals surface area (Å²) in [6.07, 6.45) is 7.72. The molecule has 1 unspecified atom stereocenters. The van der Waals surface area contributed by atoms with Crippen LogP contribution in [0, 0.1) is 18.8 Å². The highest BCUT2D eigenvalue weighted by Gasteiger charge is 2.39. The largest absolute Gasteiger partial charge is 0.491 e. The van der Waals surface area contributed by atoms with Crippen molar-refractivity contribution in [2.75, 3.05) is 19.8 Å². The summed E-state index contributed by atoms with van der Waals surface area (Å²) in [5, 5.41) is 4.65. The molecule has 13 nitrogen and oxygen atoms in total. The van der Waals surface area contributed by atoms with Crippen LogP contribution in [0.3, 0.4) is 0 Å². The topological polar surface area (TPSA) is 147 Å². The number of nitrogens with zero attached hydrogens (tertiary/aromatic N) is 5. The third-order valence-corrected chi connectivity index (χ3v) is 10.9. The zero-order chi connectivity index (χ0) is 39.8. The molecule has 2 aromatic carbocycles. The van der Waals surface area contributed by atoms with Gasteiger partial charge < -0.3 is 28.4 Å². The first kappa shape index (κ1) is 36.8. The number of fused-ring (bicyclic) bond motifs is 4. The summed E-state index contributed by atoms with van der Waals surface area (Å²) >= 11 is 0. The van der Waals surface area contributed by atoms with Crippen LogP contribution in [0.15, 0.2) is 85.3 Å². The minimum absolute atomic E-state index is 0.0322. The fourth-order valence-electron chi connectivity index (χ4n) is 7.77. The molecule has 2 fully saturated rings. The van der Waals surface area contributed by atoms with Crippen LogP contribution in [-0.2, 0) is 27.9 Å². The molecule has 4 aromatic heterocycles. The van der Waals surface area contributed by atoms with Crippen molar-refractivity contribution in [3.63, 3.8) is 0 Å². The number of aromatic nitrogens is 4. The van der Waals surface area contributed by atoms with Crippen molar-refractivity contribution in [2.45, 2.75) is 57.4 Å². The van der Waals surface area contributed by atoms with Gasteiger partial charge in [0.25, 0.3) is 5.91 Å². The number of pyridine rings is 3. The van der Waals surface area contributed by atoms with Gasteiger partial charge in [-0.25, -0.2) is 9.97 Å². The molecular formula is C45H40N6O7. The first-order chi connectivity index (χ1) is 28.3. The van der Waals surface area contributed by atoms with Gasteiger partial charge in [-0.15, -0.1) is 0 Å². The standard InChI is InChI=1S/C45H40N6O7/c1-27-41(57-33-22-34(23-33)58-43-14-6-29(24-47-43)28-5-9-36-37-25-46-16-15-38(37)50(2)40(36)21-28)12-7-31(48-27)4-3-17-55-18-19-56-32-8-10-35-30(20-32)26-51(45(35)54)39-11-13-42(52)49-44(39)53/h5-10,12,14-16,20-21,24-25,33-34,39H,11,13,17-19,22-23,26H2,1-2H3,(H,49,52,53). The second kappa shape index (κ2) is 15.6. The van der Waals surface area contributed by atoms with Gasteiger partial charge >= 0.3 is 0 Å². The summed E-state index contributed by atoms with van der Waals surface area (Å²) in [7, 11) is 2.08. The van der Waals surface area contributed by atoms with E-state index in [4.69, 9.17) is 18.9 Å². The van der Waals surface area contributed by atoms with Gasteiger partial charge in [-0.05, 0) is 78.9 Å². The quantitative estimate of drug-likeness (QED) is 0.0990. The Morgan fingerprint density at radius 3 is 2.57 bits per heavy atom. The molecule has 1 aliphatic carbocycles. The van der Waals surface area contributed by atoms with Gasteiger partial charge in [0.1, 0.15) is 48.7 Å². The second-order valence-corrected chi connectivity index (χ2v) is 14.7. The summed E-state index contributed by atoms with van der Waals surface area (Å²) in [6, 6.07) is 20.8. The molecule has 2 aliphatic heterocycles. The number of carbonyl (C=O) groups excluding carboxylic acids is 3. The van der Waals surface area contributed by atoms with E-state index in [-0.39, 0.29) is 37.0 Å². The average molecular weight is 777 g/mol. The van der Waals surface area contributed by atoms with Gasteiger partial charge in [-0.2, -0.15) is 0 Å². The molecule has 0 spiro atoms. The minimum Gasteiger partial charge on any atom is -0.491 e. The lowest BCUT2D eigenvalue weighted by atomic mass is 9.92. The second-order valence-electron chi connectivity index (χ2n) is 14.7. The molecule has 6 aromatic rings. The SMILES string of the molecule is Cc1nc(C#CCOCCOc2ccc3c(c2)CN(C2CCC(=O)NC2=O)C3=O)ccc1OC1CC(Oc2ccc(-c3ccc4c5cnccc5n(C)c4c3)cn2)C1. The molecule has 13 heteroatoms. The zero-order valence-corrected chi connectivity index (χ0v) is 32.1. The van der Waals surface area contributed by atoms with E-state index in [0.29, 0.717) is 49.1 Å². The van der Waals surface area contributed by atoms with Crippen LogP contribution >= 0.6 is 0 Å². The fraction of sp³-hybridized carbons (Fsp3) is 0.289. The first-order valence-electron chi connectivity index (χ1n) is 19.3. The Balaban J connectivity index is 0.691. The molecule has 0 bridgehead atoms. The highest BCUT2D eigenvalue weighted by molar-refractivity contribution is 6.08. The summed E-state index contributed by atoms with van der Waals surface area (Å²) in [5.41, 5.74) is 7.13. The van der Waals surface area contributed by atoms with Crippen LogP contribution in [0.2, 0.25) is 0 Å². The fourth-order valence-corrected chi connectivity index (χ4v) is 7.77. The molecule has 1 saturated carbocycles. The zero-order valence-electron chi connectivity index (χ0n) is 32.1. The van der Waals surface area contributed by atoms with Gasteiger partial charge in [0.05, 0.1) is 17.8 Å². The Morgan fingerprint density at radius 1 is 0.879 bits per heavy atom. The molecular weight excluding hydrogens is 737 g/mol. The van der Waals surface area contributed by atoms with Crippen molar-refractivity contribution < 1.29 is 33.3 Å². The van der Waals surface area contributed by atoms with Crippen molar-refractivity contribution >= 4 is 39.5 Å². The number of nitrogens with one attached hydrogen (secondary N) is 1. The number of imide groups is 1. The number of rotatable bonds is 11. The monoisotopic (exact) mass is 776 g/mol. The summed E-state index contributed by atoms with van der Waals surface area (Å²) in [6.45, 7) is 3.03. The van der Waals surface area contributed by atoms with Crippen LogP contribution in [0.5, 0.6) is 17.4 Å². The van der Waals surface area contributed by atoms with E-state index in [0.717, 1.165) is 57.4 Å². The number of ether oxygens (including phenoxy) is 4. The van der Waals surface area contributed by atoms with Crippen molar-refractivity contribution in [3.05, 3.63) is 108 Å². The molecule has 0 radical (unpaired) electrons. The Kier molecular flexibility index (Phi) is 9.93. The van der Waals surface area contributed by atoms with Crippen LogP contribution in [0.25, 0.3) is 32.9 Å². The summed E-state index contributed by atoms with van der Waals surface area (Å²) < 4.78 is 26.0. The van der Waals surface area contributed by atoms with Gasteiger partial charge in [0, 0.05) is 84.9 Å². The normalized spacial score (nSPS) is 18.7. The van der Waals surface area contributed by atoms with E-state index in [1.54, 1.807) is 12.1 Å². The van der Waals surface area contributed by atoms with Crippen LogP contribution in [0.4, 0.5) is 0 Å². The van der Waals surface area contributed by atoms with Crippen LogP contribution < -0.4 is 19.5 Å². The predicted octanol–water partition coefficient (Wildman–Crippen LogP) is 5.69. The maximum Gasteiger partial charge on any atom is 0.255 e. The third-order valence-electron chi connectivity index (χ3n) is 10.9. The number of benzene rings is 2. The number of hydrogen-bond acceptors (Lipinski definition) is 10. The average Bonchev–Trinajstić information content (AvgIpc) is 3.69. The van der Waals surface area contributed by atoms with E-state index >= 15 is 0 Å². The first-order valence-corrected chi connectivity index (χ1v) is 19.3. The van der Waals surface area contributed by atoms with E-state index in [1.807, 2.05) is 61.9 Å². The maximum atomic E-state index is 12.9. The van der Waals surface area contributed by atoms with Gasteiger partial charge in [0.15, 0.2) is 0 Å². The smallest absolute Gasteiger partial charge is 0.255 e. The summed E-state index contributed by atoms with van der Waals surface area (Å²) in [5.74, 6) is 7.00. The number of amides is 3. The van der Waals surface area contributed by atoms with Crippen molar-refractivity contribution in [2.24, 2.45) is 7.05 Å². The van der Waals surface area contributed by atoms with E-state index < -0.39 is 11.9 Å². The number of piperidine rings is 1. The van der Waals surface area contributed by atoms with Crippen LogP contribution in [-0.4, -0.2) is 80.2 Å². The number of hydrogen-bond donors (Lipinski definition) is 1. The summed E-state index contributed by atoms with van der Waals surface area (Å²) in [4.78, 5) is 51.7. The van der Waals surface area contributed by atoms with E-state index in [1.165, 1.54) is 10.3 Å². The molecule has 1 atom stereocenters. The number of aryl methyl sites for hydroxylation is 2. The molecule has 3 aliphatic rings. The molecule has 6 heterocycles. The molecule has 3 amide bonds. The molecule has 1 N–H and O–H groups in total. The van der Waals surface area contributed by atoms with Gasteiger partial charge in [0.2, 0.25) is 17.7 Å². The van der Waals surface area contributed by atoms with Crippen molar-refractivity contribution in [1.82, 2.24) is 29.7 Å². The Morgan fingerprint density at radius 2 is 1.74 bits per heavy atom. The molecule has 58 heavy (non-hydrogen) atoms. The Labute approximate surface area is 334 Å². The van der Waals surface area contributed by atoms with E-state index in [2.05, 4.69) is 61.9 Å². The van der Waals surface area contributed by atoms with Gasteiger partial charge in [-0.1, -0.05) is 18.1 Å². The molecule has 292 valence electrons.